The molecule has 0 saturated carbocycles. The molecule has 4 bridgehead atoms. The Kier molecular flexibility index (Phi) is 12.8. The number of amides is 4. The van der Waals surface area contributed by atoms with E-state index in [9.17, 15) is 19.2 Å². The van der Waals surface area contributed by atoms with Gasteiger partial charge in [0, 0.05) is 57.0 Å². The zero-order chi connectivity index (χ0) is 37.9. The maximum Gasteiger partial charge on any atom is 0.257 e. The van der Waals surface area contributed by atoms with Crippen LogP contribution in [0.5, 0.6) is 17.2 Å². The molecule has 4 heterocycles. The first kappa shape index (κ1) is 37.9. The van der Waals surface area contributed by atoms with Crippen LogP contribution >= 0.6 is 0 Å². The smallest absolute Gasteiger partial charge is 0.257 e. The van der Waals surface area contributed by atoms with Crippen molar-refractivity contribution in [2.24, 2.45) is 0 Å². The van der Waals surface area contributed by atoms with Crippen LogP contribution < -0.4 is 24.8 Å². The molecule has 3 aliphatic heterocycles. The third kappa shape index (κ3) is 9.38. The normalized spacial score (nSPS) is 18.8. The SMILES string of the molecule is COc1cc2ccc1O[C@H]1C[C@@H](C(=O)NCCCCN(C(=O)c3ccccc3OC)CCCNC(=O)CC2)N(C(=O)Cn2ccnc2-c2ccccc2)C1. The first-order valence-electron chi connectivity index (χ1n) is 18.5. The fourth-order valence-electron chi connectivity index (χ4n) is 6.98. The number of methoxy groups -OCH3 is 2. The maximum atomic E-state index is 14.0. The van der Waals surface area contributed by atoms with Crippen LogP contribution in [-0.2, 0) is 27.3 Å². The van der Waals surface area contributed by atoms with Crippen molar-refractivity contribution in [3.8, 4) is 28.6 Å². The molecule has 1 saturated heterocycles. The van der Waals surface area contributed by atoms with E-state index in [1.165, 1.54) is 7.11 Å². The highest BCUT2D eigenvalue weighted by atomic mass is 16.5. The number of nitrogens with one attached hydrogen (secondary N) is 2. The van der Waals surface area contributed by atoms with Crippen LogP contribution in [-0.4, -0.2) is 102 Å². The number of likely N-dealkylation sites (tertiary alicyclic amines) is 1. The summed E-state index contributed by atoms with van der Waals surface area (Å²) in [5.74, 6) is 1.43. The van der Waals surface area contributed by atoms with Crippen molar-refractivity contribution in [1.29, 1.82) is 0 Å². The first-order valence-corrected chi connectivity index (χ1v) is 18.5. The zero-order valence-electron chi connectivity index (χ0n) is 30.9. The minimum atomic E-state index is -0.753. The van der Waals surface area contributed by atoms with Crippen LogP contribution in [0.4, 0.5) is 0 Å². The largest absolute Gasteiger partial charge is 0.496 e. The predicted molar refractivity (Wildman–Crippen MR) is 202 cm³/mol. The van der Waals surface area contributed by atoms with Crippen molar-refractivity contribution < 1.29 is 33.4 Å². The van der Waals surface area contributed by atoms with E-state index in [4.69, 9.17) is 14.2 Å². The number of benzene rings is 3. The number of para-hydroxylation sites is 1. The number of aromatic nitrogens is 2. The molecule has 2 atom stereocenters. The summed E-state index contributed by atoms with van der Waals surface area (Å²) >= 11 is 0. The molecule has 2 N–H and O–H groups in total. The fraction of sp³-hybridized carbons (Fsp3) is 0.390. The van der Waals surface area contributed by atoms with E-state index >= 15 is 0 Å². The summed E-state index contributed by atoms with van der Waals surface area (Å²) in [6, 6.07) is 21.6. The number of hydrogen-bond donors (Lipinski definition) is 2. The molecule has 13 nitrogen and oxygen atoms in total. The Labute approximate surface area is 315 Å². The van der Waals surface area contributed by atoms with Gasteiger partial charge in [0.05, 0.1) is 26.3 Å². The topological polar surface area (TPSA) is 144 Å². The Morgan fingerprint density at radius 3 is 2.44 bits per heavy atom. The lowest BCUT2D eigenvalue weighted by Gasteiger charge is -2.25. The molecule has 284 valence electrons. The summed E-state index contributed by atoms with van der Waals surface area (Å²) in [5.41, 5.74) is 2.25. The van der Waals surface area contributed by atoms with Crippen LogP contribution in [0.3, 0.4) is 0 Å². The van der Waals surface area contributed by atoms with Gasteiger partial charge in [-0.3, -0.25) is 19.2 Å². The molecule has 13 heteroatoms. The lowest BCUT2D eigenvalue weighted by molar-refractivity contribution is -0.138. The van der Waals surface area contributed by atoms with E-state index in [0.717, 1.165) is 11.1 Å². The molecule has 54 heavy (non-hydrogen) atoms. The maximum absolute atomic E-state index is 14.0. The van der Waals surface area contributed by atoms with Gasteiger partial charge in [0.25, 0.3) is 5.91 Å². The number of rotatable bonds is 6. The van der Waals surface area contributed by atoms with Gasteiger partial charge in [-0.15, -0.1) is 0 Å². The summed E-state index contributed by atoms with van der Waals surface area (Å²) in [4.78, 5) is 62.1. The molecule has 1 aromatic heterocycles. The van der Waals surface area contributed by atoms with Crippen LogP contribution in [0.2, 0.25) is 0 Å². The van der Waals surface area contributed by atoms with Gasteiger partial charge in [0.15, 0.2) is 11.5 Å². The van der Waals surface area contributed by atoms with Crippen molar-refractivity contribution in [2.45, 2.75) is 57.2 Å². The number of fused-ring (bicyclic) bond motifs is 15. The molecule has 3 aromatic carbocycles. The molecule has 7 rings (SSSR count). The van der Waals surface area contributed by atoms with Gasteiger partial charge in [0.2, 0.25) is 17.7 Å². The van der Waals surface area contributed by atoms with Gasteiger partial charge >= 0.3 is 0 Å². The average Bonchev–Trinajstić information content (AvgIpc) is 3.85. The number of nitrogens with zero attached hydrogens (tertiary/aromatic N) is 4. The monoisotopic (exact) mass is 736 g/mol. The average molecular weight is 737 g/mol. The molecule has 1 fully saturated rings. The van der Waals surface area contributed by atoms with Crippen LogP contribution in [0, 0.1) is 0 Å². The standard InChI is InChI=1S/C41H48N6O7/c1-52-34-14-7-6-13-32(34)41(51)45-22-9-8-19-44-40(50)33-26-31(27-47(33)38(49)28-46-24-21-43-39(46)30-11-4-3-5-12-30)54-35-17-15-29(25-36(35)53-2)16-18-37(48)42-20-10-23-45/h3-7,11-15,17,21,24-25,31,33H,8-10,16,18-20,22-23,26-28H2,1-2H3,(H,42,48)(H,44,50)/t31-,33-/m0/s1. The molecule has 0 unspecified atom stereocenters. The van der Waals surface area contributed by atoms with E-state index in [1.54, 1.807) is 52.1 Å². The van der Waals surface area contributed by atoms with E-state index in [1.807, 2.05) is 54.6 Å². The van der Waals surface area contributed by atoms with Gasteiger partial charge < -0.3 is 39.2 Å². The van der Waals surface area contributed by atoms with Crippen molar-refractivity contribution >= 4 is 23.6 Å². The zero-order valence-corrected chi connectivity index (χ0v) is 30.9. The summed E-state index contributed by atoms with van der Waals surface area (Å²) in [6.45, 7) is 1.89. The quantitative estimate of drug-likeness (QED) is 0.301. The second kappa shape index (κ2) is 18.3. The first-order chi connectivity index (χ1) is 26.3. The Balaban J connectivity index is 1.20. The van der Waals surface area contributed by atoms with E-state index in [2.05, 4.69) is 15.6 Å². The Bertz CT molecular complexity index is 1910. The number of carbonyl (C=O) groups is 4. The Hall–Kier alpha value is -5.85. The summed E-state index contributed by atoms with van der Waals surface area (Å²) < 4.78 is 19.3. The van der Waals surface area contributed by atoms with Gasteiger partial charge in [-0.25, -0.2) is 4.98 Å². The fourth-order valence-corrected chi connectivity index (χ4v) is 6.98. The van der Waals surface area contributed by atoms with Crippen LogP contribution in [0.15, 0.2) is 85.2 Å². The Morgan fingerprint density at radius 1 is 0.870 bits per heavy atom. The van der Waals surface area contributed by atoms with Crippen molar-refractivity contribution in [3.05, 3.63) is 96.3 Å². The van der Waals surface area contributed by atoms with Gasteiger partial charge in [0.1, 0.15) is 30.3 Å². The third-order valence-electron chi connectivity index (χ3n) is 9.81. The van der Waals surface area contributed by atoms with Crippen molar-refractivity contribution in [1.82, 2.24) is 30.0 Å². The molecule has 0 spiro atoms. The van der Waals surface area contributed by atoms with Crippen LogP contribution in [0.1, 0.15) is 48.0 Å². The van der Waals surface area contributed by atoms with E-state index < -0.39 is 12.1 Å². The summed E-state index contributed by atoms with van der Waals surface area (Å²) in [6.07, 6.45) is 5.83. The number of aryl methyl sites for hydroxylation is 1. The molecule has 0 aliphatic carbocycles. The molecule has 3 aliphatic rings. The minimum Gasteiger partial charge on any atom is -0.496 e. The second-order valence-corrected chi connectivity index (χ2v) is 13.5. The highest BCUT2D eigenvalue weighted by molar-refractivity contribution is 5.97. The van der Waals surface area contributed by atoms with Crippen molar-refractivity contribution in [3.63, 3.8) is 0 Å². The number of hydrogen-bond acceptors (Lipinski definition) is 8. The lowest BCUT2D eigenvalue weighted by atomic mass is 10.1. The number of ether oxygens (including phenoxy) is 3. The van der Waals surface area contributed by atoms with Gasteiger partial charge in [-0.1, -0.05) is 48.5 Å². The van der Waals surface area contributed by atoms with E-state index in [-0.39, 0.29) is 43.1 Å². The second-order valence-electron chi connectivity index (χ2n) is 13.5. The third-order valence-corrected chi connectivity index (χ3v) is 9.81. The lowest BCUT2D eigenvalue weighted by Crippen LogP contribution is -2.47. The molecule has 0 radical (unpaired) electrons. The molecular weight excluding hydrogens is 688 g/mol. The number of carbonyl (C=O) groups excluding carboxylic acids is 4. The highest BCUT2D eigenvalue weighted by Gasteiger charge is 2.41. The predicted octanol–water partition coefficient (Wildman–Crippen LogP) is 4.11. The molecular formula is C41H48N6O7. The summed E-state index contributed by atoms with van der Waals surface area (Å²) in [5, 5.41) is 6.02. The summed E-state index contributed by atoms with van der Waals surface area (Å²) in [7, 11) is 3.09. The van der Waals surface area contributed by atoms with Crippen molar-refractivity contribution in [2.75, 3.05) is 46.9 Å². The molecule has 4 aromatic rings. The Morgan fingerprint density at radius 2 is 1.63 bits per heavy atom. The van der Waals surface area contributed by atoms with E-state index in [0.29, 0.717) is 86.9 Å². The minimum absolute atomic E-state index is 0.00237. The van der Waals surface area contributed by atoms with Gasteiger partial charge in [-0.05, 0) is 55.5 Å². The van der Waals surface area contributed by atoms with Crippen LogP contribution in [0.25, 0.3) is 11.4 Å². The highest BCUT2D eigenvalue weighted by Crippen LogP contribution is 2.32. The molecule has 4 amide bonds. The number of imidazole rings is 1. The van der Waals surface area contributed by atoms with Gasteiger partial charge in [-0.2, -0.15) is 0 Å².